The number of hydrogen-bond donors (Lipinski definition) is 0. The molecule has 0 amide bonds. The summed E-state index contributed by atoms with van der Waals surface area (Å²) in [6.45, 7) is 0. The Bertz CT molecular complexity index is 2100. The standard InChI is InChI=1S/C42H26/c1-2-6-24-16-36-32-10-9-31(35(36)15-23(24)5-1)39-19-27-13-29-21-41-33-11-12-34(42(41)22-30(29)14-28(27)20-40(32)39)38-18-26-8-4-3-7-25(26)17-37(33)38/h1-22,31-34H. The van der Waals surface area contributed by atoms with Crippen molar-refractivity contribution in [2.45, 2.75) is 23.7 Å². The molecule has 7 aromatic rings. The zero-order valence-electron chi connectivity index (χ0n) is 23.0. The fraction of sp³-hybridized carbons (Fsp3) is 0.0952. The third-order valence-corrected chi connectivity index (χ3v) is 10.8. The molecule has 0 spiro atoms. The predicted octanol–water partition coefficient (Wildman–Crippen LogP) is 10.6. The third kappa shape index (κ3) is 2.69. The van der Waals surface area contributed by atoms with E-state index in [1.807, 2.05) is 0 Å². The van der Waals surface area contributed by atoms with Crippen LogP contribution in [0, 0.1) is 0 Å². The molecule has 0 N–H and O–H groups in total. The first kappa shape index (κ1) is 21.8. The molecule has 0 heterocycles. The van der Waals surface area contributed by atoms with Gasteiger partial charge in [-0.15, -0.1) is 0 Å². The van der Waals surface area contributed by atoms with Gasteiger partial charge < -0.3 is 0 Å². The van der Waals surface area contributed by atoms with Crippen LogP contribution in [0.15, 0.2) is 133 Å². The Kier molecular flexibility index (Phi) is 3.87. The molecule has 0 fully saturated rings. The highest BCUT2D eigenvalue weighted by Crippen LogP contribution is 2.53. The SMILES string of the molecule is C1=CC2c3cc4ccccc4cc3C1c1cc3cc4cc5c(cc4cc3cc12)C1C=CC5c2cc3ccccc3cc21. The summed E-state index contributed by atoms with van der Waals surface area (Å²) < 4.78 is 0. The summed E-state index contributed by atoms with van der Waals surface area (Å²) in [5.41, 5.74) is 11.9. The monoisotopic (exact) mass is 530 g/mol. The van der Waals surface area contributed by atoms with Gasteiger partial charge in [-0.25, -0.2) is 0 Å². The highest BCUT2D eigenvalue weighted by molar-refractivity contribution is 6.01. The fourth-order valence-electron chi connectivity index (χ4n) is 8.82. The zero-order chi connectivity index (χ0) is 27.1. The van der Waals surface area contributed by atoms with E-state index in [2.05, 4.69) is 133 Å². The van der Waals surface area contributed by atoms with E-state index >= 15 is 0 Å². The van der Waals surface area contributed by atoms with Crippen molar-refractivity contribution >= 4 is 43.1 Å². The second kappa shape index (κ2) is 7.46. The molecule has 4 bridgehead atoms. The first-order valence-corrected chi connectivity index (χ1v) is 15.2. The van der Waals surface area contributed by atoms with Crippen LogP contribution in [0.2, 0.25) is 0 Å². The highest BCUT2D eigenvalue weighted by Gasteiger charge is 2.36. The molecule has 0 heteroatoms. The lowest BCUT2D eigenvalue weighted by atomic mass is 9.66. The molecule has 6 aliphatic carbocycles. The minimum absolute atomic E-state index is 0.334. The van der Waals surface area contributed by atoms with Gasteiger partial charge in [0.05, 0.1) is 0 Å². The largest absolute Gasteiger partial charge is 0.0757 e. The number of rotatable bonds is 0. The highest BCUT2D eigenvalue weighted by atomic mass is 14.4. The Hall–Kier alpha value is -4.94. The Labute approximate surface area is 244 Å². The maximum atomic E-state index is 2.50. The van der Waals surface area contributed by atoms with Crippen LogP contribution in [0.5, 0.6) is 0 Å². The van der Waals surface area contributed by atoms with Gasteiger partial charge in [0.2, 0.25) is 0 Å². The molecular formula is C42H26. The van der Waals surface area contributed by atoms with Gasteiger partial charge in [-0.3, -0.25) is 0 Å². The molecular weight excluding hydrogens is 504 g/mol. The molecule has 4 atom stereocenters. The first-order valence-electron chi connectivity index (χ1n) is 15.2. The summed E-state index contributed by atoms with van der Waals surface area (Å²) in [5.74, 6) is 1.33. The van der Waals surface area contributed by atoms with Crippen molar-refractivity contribution in [3.05, 3.63) is 178 Å². The van der Waals surface area contributed by atoms with E-state index < -0.39 is 0 Å². The van der Waals surface area contributed by atoms with Crippen LogP contribution in [0.3, 0.4) is 0 Å². The van der Waals surface area contributed by atoms with Crippen molar-refractivity contribution in [1.82, 2.24) is 0 Å². The van der Waals surface area contributed by atoms with Crippen LogP contribution in [0.1, 0.15) is 68.2 Å². The molecule has 194 valence electrons. The maximum absolute atomic E-state index is 2.50. The van der Waals surface area contributed by atoms with Gasteiger partial charge in [0, 0.05) is 23.7 Å². The van der Waals surface area contributed by atoms with E-state index in [4.69, 9.17) is 0 Å². The predicted molar refractivity (Wildman–Crippen MR) is 175 cm³/mol. The van der Waals surface area contributed by atoms with E-state index in [1.54, 1.807) is 0 Å². The number of hydrogen-bond acceptors (Lipinski definition) is 0. The van der Waals surface area contributed by atoms with Crippen molar-refractivity contribution in [3.63, 3.8) is 0 Å². The molecule has 42 heavy (non-hydrogen) atoms. The van der Waals surface area contributed by atoms with E-state index in [9.17, 15) is 0 Å². The van der Waals surface area contributed by atoms with Crippen LogP contribution >= 0.6 is 0 Å². The molecule has 0 saturated carbocycles. The molecule has 0 aliphatic heterocycles. The quantitative estimate of drug-likeness (QED) is 0.135. The number of benzene rings is 7. The van der Waals surface area contributed by atoms with Gasteiger partial charge >= 0.3 is 0 Å². The van der Waals surface area contributed by atoms with Gasteiger partial charge in [0.1, 0.15) is 0 Å². The van der Waals surface area contributed by atoms with Gasteiger partial charge in [-0.05, 0) is 148 Å². The van der Waals surface area contributed by atoms with E-state index in [1.165, 1.54) is 87.6 Å². The Morgan fingerprint density at radius 2 is 0.452 bits per heavy atom. The van der Waals surface area contributed by atoms with Crippen molar-refractivity contribution < 1.29 is 0 Å². The zero-order valence-corrected chi connectivity index (χ0v) is 23.0. The minimum Gasteiger partial charge on any atom is -0.0757 e. The molecule has 7 aromatic carbocycles. The van der Waals surface area contributed by atoms with Crippen LogP contribution < -0.4 is 0 Å². The van der Waals surface area contributed by atoms with E-state index in [0.717, 1.165) is 0 Å². The minimum atomic E-state index is 0.334. The van der Waals surface area contributed by atoms with Crippen LogP contribution in [-0.4, -0.2) is 0 Å². The van der Waals surface area contributed by atoms with Crippen LogP contribution in [0.25, 0.3) is 43.1 Å². The molecule has 6 aliphatic rings. The third-order valence-electron chi connectivity index (χ3n) is 10.8. The second-order valence-electron chi connectivity index (χ2n) is 12.8. The molecule has 0 radical (unpaired) electrons. The summed E-state index contributed by atoms with van der Waals surface area (Å²) >= 11 is 0. The molecule has 0 nitrogen and oxygen atoms in total. The number of allylic oxidation sites excluding steroid dienone is 4. The Morgan fingerprint density at radius 3 is 0.690 bits per heavy atom. The second-order valence-corrected chi connectivity index (χ2v) is 12.8. The fourth-order valence-corrected chi connectivity index (χ4v) is 8.82. The average Bonchev–Trinajstić information content (AvgIpc) is 3.04. The Morgan fingerprint density at radius 1 is 0.238 bits per heavy atom. The summed E-state index contributed by atoms with van der Waals surface area (Å²) in [7, 11) is 0. The number of fused-ring (bicyclic) bond motifs is 4. The van der Waals surface area contributed by atoms with Crippen LogP contribution in [-0.2, 0) is 0 Å². The maximum Gasteiger partial charge on any atom is 0.0276 e. The molecule has 4 unspecified atom stereocenters. The average molecular weight is 531 g/mol. The normalized spacial score (nSPS) is 22.1. The Balaban J connectivity index is 1.09. The summed E-state index contributed by atoms with van der Waals surface area (Å²) in [4.78, 5) is 0. The summed E-state index contributed by atoms with van der Waals surface area (Å²) in [5, 5.41) is 10.8. The summed E-state index contributed by atoms with van der Waals surface area (Å²) in [6.07, 6.45) is 9.77. The molecule has 0 saturated heterocycles. The van der Waals surface area contributed by atoms with Crippen molar-refractivity contribution in [3.8, 4) is 0 Å². The first-order chi connectivity index (χ1) is 20.8. The van der Waals surface area contributed by atoms with E-state index in [-0.39, 0.29) is 0 Å². The van der Waals surface area contributed by atoms with Gasteiger partial charge in [-0.1, -0.05) is 72.8 Å². The van der Waals surface area contributed by atoms with Crippen molar-refractivity contribution in [2.75, 3.05) is 0 Å². The topological polar surface area (TPSA) is 0 Å². The smallest absolute Gasteiger partial charge is 0.0276 e. The van der Waals surface area contributed by atoms with Gasteiger partial charge in [0.25, 0.3) is 0 Å². The van der Waals surface area contributed by atoms with Crippen molar-refractivity contribution in [2.24, 2.45) is 0 Å². The lowest BCUT2D eigenvalue weighted by Gasteiger charge is -2.37. The lowest BCUT2D eigenvalue weighted by molar-refractivity contribution is 0.816. The van der Waals surface area contributed by atoms with Crippen molar-refractivity contribution in [1.29, 1.82) is 0 Å². The van der Waals surface area contributed by atoms with Gasteiger partial charge in [-0.2, -0.15) is 0 Å². The molecule has 0 aromatic heterocycles. The lowest BCUT2D eigenvalue weighted by Crippen LogP contribution is -2.21. The summed E-state index contributed by atoms with van der Waals surface area (Å²) in [6, 6.07) is 42.2. The van der Waals surface area contributed by atoms with Gasteiger partial charge in [0.15, 0.2) is 0 Å². The van der Waals surface area contributed by atoms with Crippen LogP contribution in [0.4, 0.5) is 0 Å². The van der Waals surface area contributed by atoms with E-state index in [0.29, 0.717) is 23.7 Å². The molecule has 13 rings (SSSR count).